The molecule has 0 radical (unpaired) electrons. The second kappa shape index (κ2) is 9.21. The van der Waals surface area contributed by atoms with Crippen LogP contribution in [0.3, 0.4) is 0 Å². The molecule has 0 amide bonds. The highest BCUT2D eigenvalue weighted by Gasteiger charge is 2.23. The van der Waals surface area contributed by atoms with E-state index in [-0.39, 0.29) is 0 Å². The molecular formula is C14H31N. The third-order valence-corrected chi connectivity index (χ3v) is 3.30. The van der Waals surface area contributed by atoms with Crippen LogP contribution in [0.25, 0.3) is 0 Å². The van der Waals surface area contributed by atoms with Crippen LogP contribution < -0.4 is 0 Å². The number of hydrogen-bond donors (Lipinski definition) is 0. The molecule has 1 rings (SSSR count). The van der Waals surface area contributed by atoms with Crippen molar-refractivity contribution in [2.24, 2.45) is 11.8 Å². The first-order chi connectivity index (χ1) is 7.26. The molecule has 1 aliphatic carbocycles. The molecule has 0 heterocycles. The minimum absolute atomic E-state index is 0.910. The molecule has 92 valence electrons. The fourth-order valence-corrected chi connectivity index (χ4v) is 1.65. The Morgan fingerprint density at radius 2 is 1.80 bits per heavy atom. The first-order valence-electron chi connectivity index (χ1n) is 6.98. The van der Waals surface area contributed by atoms with E-state index < -0.39 is 0 Å². The number of rotatable bonds is 7. The molecule has 1 heteroatoms. The van der Waals surface area contributed by atoms with Crippen LogP contribution in [0.1, 0.15) is 60.3 Å². The molecule has 0 aromatic carbocycles. The maximum atomic E-state index is 2.63. The lowest BCUT2D eigenvalue weighted by atomic mass is 10.1. The van der Waals surface area contributed by atoms with Crippen LogP contribution in [0.15, 0.2) is 0 Å². The zero-order valence-corrected chi connectivity index (χ0v) is 11.6. The number of hydrogen-bond acceptors (Lipinski definition) is 1. The zero-order valence-electron chi connectivity index (χ0n) is 11.6. The molecule has 0 aromatic heterocycles. The Kier molecular flexibility index (Phi) is 9.18. The van der Waals surface area contributed by atoms with Crippen LogP contribution in [-0.2, 0) is 0 Å². The summed E-state index contributed by atoms with van der Waals surface area (Å²) in [5, 5.41) is 0. The molecule has 0 aliphatic heterocycles. The highest BCUT2D eigenvalue weighted by Crippen LogP contribution is 2.29. The van der Waals surface area contributed by atoms with Crippen molar-refractivity contribution in [2.45, 2.75) is 60.3 Å². The third kappa shape index (κ3) is 7.84. The van der Waals surface area contributed by atoms with Crippen LogP contribution in [0.5, 0.6) is 0 Å². The molecule has 0 aromatic rings. The van der Waals surface area contributed by atoms with E-state index in [4.69, 9.17) is 0 Å². The van der Waals surface area contributed by atoms with E-state index in [1.165, 1.54) is 45.3 Å². The first kappa shape index (κ1) is 15.0. The van der Waals surface area contributed by atoms with Gasteiger partial charge in [-0.15, -0.1) is 0 Å². The van der Waals surface area contributed by atoms with Gasteiger partial charge in [0.25, 0.3) is 0 Å². The van der Waals surface area contributed by atoms with E-state index >= 15 is 0 Å². The largest absolute Gasteiger partial charge is 0.303 e. The van der Waals surface area contributed by atoms with Gasteiger partial charge in [0, 0.05) is 6.54 Å². The fraction of sp³-hybridized carbons (Fsp3) is 1.00. The Labute approximate surface area is 97.2 Å². The quantitative estimate of drug-likeness (QED) is 0.613. The van der Waals surface area contributed by atoms with E-state index in [2.05, 4.69) is 25.7 Å². The monoisotopic (exact) mass is 213 g/mol. The summed E-state index contributed by atoms with van der Waals surface area (Å²) in [5.74, 6) is 1.96. The van der Waals surface area contributed by atoms with Crippen molar-refractivity contribution in [1.82, 2.24) is 4.90 Å². The lowest BCUT2D eigenvalue weighted by molar-refractivity contribution is 0.255. The van der Waals surface area contributed by atoms with Gasteiger partial charge in [-0.3, -0.25) is 0 Å². The Morgan fingerprint density at radius 1 is 1.20 bits per heavy atom. The highest BCUT2D eigenvalue weighted by molar-refractivity contribution is 4.77. The van der Waals surface area contributed by atoms with Crippen molar-refractivity contribution in [3.8, 4) is 0 Å². The van der Waals surface area contributed by atoms with Crippen LogP contribution in [0.4, 0.5) is 0 Å². The lowest BCUT2D eigenvalue weighted by Crippen LogP contribution is -2.27. The molecule has 1 nitrogen and oxygen atoms in total. The zero-order chi connectivity index (χ0) is 11.7. The Morgan fingerprint density at radius 3 is 2.20 bits per heavy atom. The van der Waals surface area contributed by atoms with Crippen molar-refractivity contribution in [3.05, 3.63) is 0 Å². The van der Waals surface area contributed by atoms with Crippen LogP contribution in [0, 0.1) is 11.8 Å². The molecule has 1 aliphatic rings. The van der Waals surface area contributed by atoms with Gasteiger partial charge in [-0.25, -0.2) is 0 Å². The average molecular weight is 213 g/mol. The van der Waals surface area contributed by atoms with E-state index in [1.54, 1.807) is 0 Å². The summed E-state index contributed by atoms with van der Waals surface area (Å²) in [7, 11) is 0. The molecule has 0 N–H and O–H groups in total. The molecule has 0 saturated heterocycles. The lowest BCUT2D eigenvalue weighted by Gasteiger charge is -2.21. The summed E-state index contributed by atoms with van der Waals surface area (Å²) >= 11 is 0. The van der Waals surface area contributed by atoms with E-state index in [0.29, 0.717) is 0 Å². The molecule has 1 atom stereocenters. The van der Waals surface area contributed by atoms with Gasteiger partial charge in [-0.1, -0.05) is 41.0 Å². The SMILES string of the molecule is CC.CCC(C)CCN(CC)CC1CC1. The third-order valence-electron chi connectivity index (χ3n) is 3.30. The van der Waals surface area contributed by atoms with Crippen LogP contribution >= 0.6 is 0 Å². The Hall–Kier alpha value is -0.0400. The molecule has 0 spiro atoms. The summed E-state index contributed by atoms with van der Waals surface area (Å²) in [6.45, 7) is 14.9. The van der Waals surface area contributed by atoms with Gasteiger partial charge in [0.15, 0.2) is 0 Å². The van der Waals surface area contributed by atoms with Gasteiger partial charge in [0.2, 0.25) is 0 Å². The van der Waals surface area contributed by atoms with Crippen molar-refractivity contribution >= 4 is 0 Å². The molecule has 15 heavy (non-hydrogen) atoms. The summed E-state index contributed by atoms with van der Waals surface area (Å²) in [5.41, 5.74) is 0. The van der Waals surface area contributed by atoms with Crippen molar-refractivity contribution in [2.75, 3.05) is 19.6 Å². The van der Waals surface area contributed by atoms with Crippen LogP contribution in [0.2, 0.25) is 0 Å². The second-order valence-corrected chi connectivity index (χ2v) is 4.64. The molecule has 1 unspecified atom stereocenters. The first-order valence-corrected chi connectivity index (χ1v) is 6.98. The second-order valence-electron chi connectivity index (χ2n) is 4.64. The smallest absolute Gasteiger partial charge is 0.000954 e. The minimum Gasteiger partial charge on any atom is -0.303 e. The average Bonchev–Trinajstić information content (AvgIpc) is 3.10. The van der Waals surface area contributed by atoms with Gasteiger partial charge in [-0.05, 0) is 44.2 Å². The van der Waals surface area contributed by atoms with E-state index in [1.807, 2.05) is 13.8 Å². The summed E-state index contributed by atoms with van der Waals surface area (Å²) in [6.07, 6.45) is 5.69. The Bertz CT molecular complexity index is 129. The van der Waals surface area contributed by atoms with Crippen molar-refractivity contribution in [1.29, 1.82) is 0 Å². The Balaban J connectivity index is 0.000000921. The highest BCUT2D eigenvalue weighted by atomic mass is 15.1. The normalized spacial score (nSPS) is 17.2. The molecular weight excluding hydrogens is 182 g/mol. The summed E-state index contributed by atoms with van der Waals surface area (Å²) in [6, 6.07) is 0. The molecule has 0 bridgehead atoms. The van der Waals surface area contributed by atoms with Crippen LogP contribution in [-0.4, -0.2) is 24.5 Å². The fourth-order valence-electron chi connectivity index (χ4n) is 1.65. The summed E-state index contributed by atoms with van der Waals surface area (Å²) in [4.78, 5) is 2.63. The standard InChI is InChI=1S/C12H25N.C2H6/c1-4-11(3)8-9-13(5-2)10-12-6-7-12;1-2/h11-12H,4-10H2,1-3H3;1-2H3. The van der Waals surface area contributed by atoms with E-state index in [9.17, 15) is 0 Å². The van der Waals surface area contributed by atoms with Gasteiger partial charge >= 0.3 is 0 Å². The topological polar surface area (TPSA) is 3.24 Å². The van der Waals surface area contributed by atoms with E-state index in [0.717, 1.165) is 11.8 Å². The maximum absolute atomic E-state index is 2.63. The maximum Gasteiger partial charge on any atom is 0.000954 e. The molecule has 1 fully saturated rings. The van der Waals surface area contributed by atoms with Gasteiger partial charge < -0.3 is 4.90 Å². The van der Waals surface area contributed by atoms with Gasteiger partial charge in [0.05, 0.1) is 0 Å². The summed E-state index contributed by atoms with van der Waals surface area (Å²) < 4.78 is 0. The molecule has 1 saturated carbocycles. The minimum atomic E-state index is 0.910. The van der Waals surface area contributed by atoms with Gasteiger partial charge in [0.1, 0.15) is 0 Å². The number of nitrogens with zero attached hydrogens (tertiary/aromatic N) is 1. The van der Waals surface area contributed by atoms with Crippen molar-refractivity contribution in [3.63, 3.8) is 0 Å². The predicted molar refractivity (Wildman–Crippen MR) is 70.3 cm³/mol. The van der Waals surface area contributed by atoms with Crippen molar-refractivity contribution < 1.29 is 0 Å². The predicted octanol–water partition coefficient (Wildman–Crippen LogP) is 4.18. The van der Waals surface area contributed by atoms with Gasteiger partial charge in [-0.2, -0.15) is 0 Å².